The highest BCUT2D eigenvalue weighted by atomic mass is 15.3. The van der Waals surface area contributed by atoms with E-state index in [4.69, 9.17) is 5.84 Å². The van der Waals surface area contributed by atoms with Gasteiger partial charge in [-0.05, 0) is 25.2 Å². The molecule has 112 valence electrons. The Bertz CT molecular complexity index is 434. The number of anilines is 2. The van der Waals surface area contributed by atoms with E-state index in [0.29, 0.717) is 6.04 Å². The van der Waals surface area contributed by atoms with Gasteiger partial charge in [-0.25, -0.2) is 15.8 Å². The average Bonchev–Trinajstić information content (AvgIpc) is 2.47. The van der Waals surface area contributed by atoms with Gasteiger partial charge in [-0.3, -0.25) is 0 Å². The molecule has 5 nitrogen and oxygen atoms in total. The molecule has 0 spiro atoms. The van der Waals surface area contributed by atoms with E-state index in [0.717, 1.165) is 36.0 Å². The largest absolute Gasteiger partial charge is 0.356 e. The van der Waals surface area contributed by atoms with E-state index in [-0.39, 0.29) is 0 Å². The molecule has 0 amide bonds. The summed E-state index contributed by atoms with van der Waals surface area (Å²) in [7, 11) is 2.16. The van der Waals surface area contributed by atoms with E-state index in [2.05, 4.69) is 41.2 Å². The number of rotatable bonds is 5. The number of nitrogens with zero attached hydrogens (tertiary/aromatic N) is 3. The van der Waals surface area contributed by atoms with Gasteiger partial charge in [0.05, 0.1) is 0 Å². The molecule has 5 heteroatoms. The van der Waals surface area contributed by atoms with Crippen LogP contribution in [-0.2, 0) is 6.42 Å². The second kappa shape index (κ2) is 6.88. The van der Waals surface area contributed by atoms with Crippen molar-refractivity contribution in [2.75, 3.05) is 17.4 Å². The third-order valence-corrected chi connectivity index (χ3v) is 4.35. The SMILES string of the molecule is CCCc1c(NN)ncnc1N(C)C1CCCC(C)C1. The van der Waals surface area contributed by atoms with E-state index in [1.807, 2.05) is 0 Å². The number of hydrogen-bond acceptors (Lipinski definition) is 5. The summed E-state index contributed by atoms with van der Waals surface area (Å²) in [5, 5.41) is 0. The Balaban J connectivity index is 2.26. The standard InChI is InChI=1S/C15H27N5/c1-4-6-13-14(19-16)17-10-18-15(13)20(3)12-8-5-7-11(2)9-12/h10-12H,4-9,16H2,1-3H3,(H,17,18,19). The number of aromatic nitrogens is 2. The lowest BCUT2D eigenvalue weighted by Gasteiger charge is -2.35. The molecule has 0 bridgehead atoms. The highest BCUT2D eigenvalue weighted by Gasteiger charge is 2.25. The Labute approximate surface area is 121 Å². The van der Waals surface area contributed by atoms with Gasteiger partial charge >= 0.3 is 0 Å². The summed E-state index contributed by atoms with van der Waals surface area (Å²) < 4.78 is 0. The molecule has 0 aliphatic heterocycles. The van der Waals surface area contributed by atoms with Gasteiger partial charge in [0.15, 0.2) is 0 Å². The summed E-state index contributed by atoms with van der Waals surface area (Å²) >= 11 is 0. The fourth-order valence-corrected chi connectivity index (χ4v) is 3.24. The first-order valence-corrected chi connectivity index (χ1v) is 7.70. The number of hydrogen-bond donors (Lipinski definition) is 2. The van der Waals surface area contributed by atoms with E-state index in [1.54, 1.807) is 6.33 Å². The summed E-state index contributed by atoms with van der Waals surface area (Å²) in [6, 6.07) is 0.579. The minimum absolute atomic E-state index is 0.579. The Kier molecular flexibility index (Phi) is 5.17. The Morgan fingerprint density at radius 3 is 2.85 bits per heavy atom. The topological polar surface area (TPSA) is 67.1 Å². The second-order valence-electron chi connectivity index (χ2n) is 5.96. The van der Waals surface area contributed by atoms with Crippen molar-refractivity contribution in [1.29, 1.82) is 0 Å². The van der Waals surface area contributed by atoms with Crippen LogP contribution in [0, 0.1) is 5.92 Å². The normalized spacial score (nSPS) is 22.6. The smallest absolute Gasteiger partial charge is 0.148 e. The first kappa shape index (κ1) is 15.0. The molecule has 0 saturated heterocycles. The van der Waals surface area contributed by atoms with Crippen molar-refractivity contribution < 1.29 is 0 Å². The maximum Gasteiger partial charge on any atom is 0.148 e. The zero-order chi connectivity index (χ0) is 14.5. The van der Waals surface area contributed by atoms with Gasteiger partial charge < -0.3 is 10.3 Å². The summed E-state index contributed by atoms with van der Waals surface area (Å²) in [6.45, 7) is 4.51. The predicted octanol–water partition coefficient (Wildman–Crippen LogP) is 2.73. The van der Waals surface area contributed by atoms with E-state index >= 15 is 0 Å². The van der Waals surface area contributed by atoms with Gasteiger partial charge in [0.1, 0.15) is 18.0 Å². The number of hydrazine groups is 1. The minimum Gasteiger partial charge on any atom is -0.356 e. The average molecular weight is 277 g/mol. The molecule has 1 aliphatic carbocycles. The minimum atomic E-state index is 0.579. The quantitative estimate of drug-likeness (QED) is 0.640. The molecule has 2 atom stereocenters. The van der Waals surface area contributed by atoms with Crippen LogP contribution in [0.25, 0.3) is 0 Å². The van der Waals surface area contributed by atoms with Gasteiger partial charge in [-0.2, -0.15) is 0 Å². The molecule has 1 fully saturated rings. The monoisotopic (exact) mass is 277 g/mol. The van der Waals surface area contributed by atoms with Gasteiger partial charge in [0, 0.05) is 18.7 Å². The third-order valence-electron chi connectivity index (χ3n) is 4.35. The highest BCUT2D eigenvalue weighted by Crippen LogP contribution is 2.31. The van der Waals surface area contributed by atoms with Crippen molar-refractivity contribution in [2.45, 2.75) is 58.4 Å². The molecule has 1 heterocycles. The number of nitrogens with two attached hydrogens (primary N) is 1. The van der Waals surface area contributed by atoms with Crippen LogP contribution in [0.3, 0.4) is 0 Å². The van der Waals surface area contributed by atoms with Gasteiger partial charge in [0.25, 0.3) is 0 Å². The van der Waals surface area contributed by atoms with Crippen molar-refractivity contribution >= 4 is 11.6 Å². The molecule has 0 aromatic carbocycles. The second-order valence-corrected chi connectivity index (χ2v) is 5.96. The van der Waals surface area contributed by atoms with Gasteiger partial charge in [0.2, 0.25) is 0 Å². The molecule has 0 radical (unpaired) electrons. The molecule has 20 heavy (non-hydrogen) atoms. The summed E-state index contributed by atoms with van der Waals surface area (Å²) in [5.41, 5.74) is 3.85. The lowest BCUT2D eigenvalue weighted by Crippen LogP contribution is -2.37. The zero-order valence-electron chi connectivity index (χ0n) is 12.9. The molecule has 1 aromatic heterocycles. The van der Waals surface area contributed by atoms with Crippen LogP contribution in [0.2, 0.25) is 0 Å². The molecule has 1 saturated carbocycles. The molecule has 1 aliphatic rings. The van der Waals surface area contributed by atoms with E-state index < -0.39 is 0 Å². The first-order valence-electron chi connectivity index (χ1n) is 7.70. The Morgan fingerprint density at radius 1 is 1.40 bits per heavy atom. The van der Waals surface area contributed by atoms with Crippen molar-refractivity contribution in [3.8, 4) is 0 Å². The molecular weight excluding hydrogens is 250 g/mol. The van der Waals surface area contributed by atoms with Crippen LogP contribution in [0.4, 0.5) is 11.6 Å². The van der Waals surface area contributed by atoms with E-state index in [9.17, 15) is 0 Å². The van der Waals surface area contributed by atoms with Crippen molar-refractivity contribution in [1.82, 2.24) is 9.97 Å². The Morgan fingerprint density at radius 2 is 2.20 bits per heavy atom. The summed E-state index contributed by atoms with van der Waals surface area (Å²) in [4.78, 5) is 11.1. The van der Waals surface area contributed by atoms with Crippen LogP contribution in [0.15, 0.2) is 6.33 Å². The van der Waals surface area contributed by atoms with E-state index in [1.165, 1.54) is 25.7 Å². The third kappa shape index (κ3) is 3.20. The number of nitrogen functional groups attached to an aromatic ring is 1. The number of nitrogens with one attached hydrogen (secondary N) is 1. The first-order chi connectivity index (χ1) is 9.67. The van der Waals surface area contributed by atoms with Gasteiger partial charge in [-0.15, -0.1) is 0 Å². The maximum atomic E-state index is 5.59. The van der Waals surface area contributed by atoms with Crippen LogP contribution in [-0.4, -0.2) is 23.1 Å². The lowest BCUT2D eigenvalue weighted by molar-refractivity contribution is 0.335. The maximum absolute atomic E-state index is 5.59. The van der Waals surface area contributed by atoms with Crippen LogP contribution in [0.1, 0.15) is 51.5 Å². The molecule has 1 aromatic rings. The van der Waals surface area contributed by atoms with Crippen molar-refractivity contribution in [2.24, 2.45) is 11.8 Å². The lowest BCUT2D eigenvalue weighted by atomic mass is 9.86. The van der Waals surface area contributed by atoms with Crippen molar-refractivity contribution in [3.63, 3.8) is 0 Å². The fourth-order valence-electron chi connectivity index (χ4n) is 3.24. The fraction of sp³-hybridized carbons (Fsp3) is 0.733. The van der Waals surface area contributed by atoms with Crippen LogP contribution >= 0.6 is 0 Å². The molecule has 2 rings (SSSR count). The highest BCUT2D eigenvalue weighted by molar-refractivity contribution is 5.58. The van der Waals surface area contributed by atoms with Crippen LogP contribution in [0.5, 0.6) is 0 Å². The van der Waals surface area contributed by atoms with Crippen molar-refractivity contribution in [3.05, 3.63) is 11.9 Å². The Hall–Kier alpha value is -1.36. The van der Waals surface area contributed by atoms with Gasteiger partial charge in [-0.1, -0.05) is 33.1 Å². The molecule has 3 N–H and O–H groups in total. The molecular formula is C15H27N5. The summed E-state index contributed by atoms with van der Waals surface area (Å²) in [6.07, 6.45) is 8.77. The summed E-state index contributed by atoms with van der Waals surface area (Å²) in [5.74, 6) is 8.19. The zero-order valence-corrected chi connectivity index (χ0v) is 12.9. The molecule has 2 unspecified atom stereocenters. The van der Waals surface area contributed by atoms with Crippen LogP contribution < -0.4 is 16.2 Å². The predicted molar refractivity (Wildman–Crippen MR) is 83.7 cm³/mol.